The second-order valence-electron chi connectivity index (χ2n) is 7.88. The Balaban J connectivity index is 1.57. The van der Waals surface area contributed by atoms with Gasteiger partial charge in [0.15, 0.2) is 0 Å². The van der Waals surface area contributed by atoms with Gasteiger partial charge in [0.05, 0.1) is 0 Å². The highest BCUT2D eigenvalue weighted by Crippen LogP contribution is 2.96. The highest BCUT2D eigenvalue weighted by Gasteiger charge is 2.92. The summed E-state index contributed by atoms with van der Waals surface area (Å²) in [5.41, 5.74) is 5.51. The summed E-state index contributed by atoms with van der Waals surface area (Å²) in [5, 5.41) is 0. The van der Waals surface area contributed by atoms with Crippen molar-refractivity contribution in [3.63, 3.8) is 0 Å². The molecular formula is C23H24. The first-order valence-corrected chi connectivity index (χ1v) is 9.06. The van der Waals surface area contributed by atoms with E-state index in [0.29, 0.717) is 10.8 Å². The van der Waals surface area contributed by atoms with Gasteiger partial charge >= 0.3 is 0 Å². The summed E-state index contributed by atoms with van der Waals surface area (Å²) in [7, 11) is 0. The summed E-state index contributed by atoms with van der Waals surface area (Å²) in [4.78, 5) is 0. The summed E-state index contributed by atoms with van der Waals surface area (Å²) in [6.07, 6.45) is 10.2. The second-order valence-corrected chi connectivity index (χ2v) is 7.88. The molecule has 0 saturated heterocycles. The molecule has 0 bridgehead atoms. The van der Waals surface area contributed by atoms with E-state index in [4.69, 9.17) is 0 Å². The largest absolute Gasteiger partial charge is 0.0885 e. The molecule has 0 heteroatoms. The van der Waals surface area contributed by atoms with Crippen LogP contribution in [0.4, 0.5) is 0 Å². The summed E-state index contributed by atoms with van der Waals surface area (Å²) in [6.45, 7) is 2.19. The van der Waals surface area contributed by atoms with Crippen LogP contribution in [0, 0.1) is 18.3 Å². The average Bonchev–Trinajstić information content (AvgIpc) is 3.45. The van der Waals surface area contributed by atoms with E-state index in [1.54, 1.807) is 11.1 Å². The second kappa shape index (κ2) is 4.60. The molecule has 3 aliphatic carbocycles. The van der Waals surface area contributed by atoms with Gasteiger partial charge in [0.1, 0.15) is 0 Å². The molecule has 0 radical (unpaired) electrons. The van der Waals surface area contributed by atoms with Gasteiger partial charge in [0, 0.05) is 11.3 Å². The first-order chi connectivity index (χ1) is 11.3. The molecule has 4 atom stereocenters. The van der Waals surface area contributed by atoms with E-state index in [2.05, 4.69) is 73.7 Å². The molecule has 5 rings (SSSR count). The highest BCUT2D eigenvalue weighted by molar-refractivity contribution is 5.62. The van der Waals surface area contributed by atoms with Gasteiger partial charge in [-0.1, -0.05) is 72.3 Å². The Morgan fingerprint density at radius 2 is 1.70 bits per heavy atom. The number of allylic oxidation sites excluding steroid dienone is 2. The number of aryl methyl sites for hydroxylation is 1. The van der Waals surface area contributed by atoms with Gasteiger partial charge in [-0.25, -0.2) is 0 Å². The van der Waals surface area contributed by atoms with Crippen LogP contribution >= 0.6 is 0 Å². The van der Waals surface area contributed by atoms with Crippen LogP contribution in [0.3, 0.4) is 0 Å². The fraction of sp³-hybridized carbons (Fsp3) is 0.391. The molecular weight excluding hydrogens is 276 g/mol. The Hall–Kier alpha value is -1.82. The Bertz CT molecular complexity index is 754. The number of fused-ring (bicyclic) bond motifs is 1. The standard InChI is InChI=1S/C23H24/c1-17-12-14-18(15-13-17)21-22(19-8-4-2-5-9-19)16-23(21,22)20-10-6-3-7-11-20/h2-6,8-9,12-15,20-21H,7,10-11,16H2,1H3. The molecule has 0 aliphatic heterocycles. The average molecular weight is 300 g/mol. The van der Waals surface area contributed by atoms with Crippen molar-refractivity contribution in [2.24, 2.45) is 11.3 Å². The van der Waals surface area contributed by atoms with Gasteiger partial charge in [0.25, 0.3) is 0 Å². The molecule has 0 amide bonds. The molecule has 23 heavy (non-hydrogen) atoms. The SMILES string of the molecule is Cc1ccc(C2C3(c4ccccc4)CC23C2CC=CCC2)cc1. The maximum absolute atomic E-state index is 2.43. The van der Waals surface area contributed by atoms with Crippen LogP contribution in [0.15, 0.2) is 66.7 Å². The quantitative estimate of drug-likeness (QED) is 0.631. The van der Waals surface area contributed by atoms with Crippen molar-refractivity contribution in [1.29, 1.82) is 0 Å². The van der Waals surface area contributed by atoms with Crippen LogP contribution < -0.4 is 0 Å². The molecule has 0 nitrogen and oxygen atoms in total. The lowest BCUT2D eigenvalue weighted by atomic mass is 9.80. The first-order valence-electron chi connectivity index (χ1n) is 9.06. The van der Waals surface area contributed by atoms with Crippen LogP contribution in [-0.2, 0) is 5.41 Å². The summed E-state index contributed by atoms with van der Waals surface area (Å²) in [5.74, 6) is 1.62. The smallest absolute Gasteiger partial charge is 0.00989 e. The van der Waals surface area contributed by atoms with Crippen molar-refractivity contribution in [2.45, 2.75) is 43.9 Å². The lowest BCUT2D eigenvalue weighted by molar-refractivity contribution is 0.337. The minimum atomic E-state index is 0.444. The summed E-state index contributed by atoms with van der Waals surface area (Å²) in [6, 6.07) is 20.7. The third-order valence-electron chi connectivity index (χ3n) is 6.90. The molecule has 116 valence electrons. The van der Waals surface area contributed by atoms with E-state index in [0.717, 1.165) is 11.8 Å². The zero-order valence-corrected chi connectivity index (χ0v) is 13.8. The molecule has 2 aromatic carbocycles. The lowest BCUT2D eigenvalue weighted by Gasteiger charge is -2.24. The van der Waals surface area contributed by atoms with Crippen molar-refractivity contribution in [3.05, 3.63) is 83.4 Å². The third kappa shape index (κ3) is 1.67. The minimum absolute atomic E-state index is 0.444. The topological polar surface area (TPSA) is 0 Å². The van der Waals surface area contributed by atoms with Crippen molar-refractivity contribution < 1.29 is 0 Å². The van der Waals surface area contributed by atoms with E-state index in [9.17, 15) is 0 Å². The van der Waals surface area contributed by atoms with E-state index in [1.165, 1.54) is 31.2 Å². The molecule has 0 heterocycles. The van der Waals surface area contributed by atoms with Crippen LogP contribution in [0.5, 0.6) is 0 Å². The number of benzene rings is 2. The molecule has 0 spiro atoms. The molecule has 3 aliphatic rings. The van der Waals surface area contributed by atoms with E-state index < -0.39 is 0 Å². The molecule has 0 aromatic heterocycles. The predicted molar refractivity (Wildman–Crippen MR) is 95.6 cm³/mol. The fourth-order valence-electron chi connectivity index (χ4n) is 5.73. The van der Waals surface area contributed by atoms with Crippen LogP contribution in [0.25, 0.3) is 0 Å². The van der Waals surface area contributed by atoms with Crippen molar-refractivity contribution in [2.75, 3.05) is 0 Å². The van der Waals surface area contributed by atoms with Gasteiger partial charge < -0.3 is 0 Å². The highest BCUT2D eigenvalue weighted by atomic mass is 14.9. The normalized spacial score (nSPS) is 37.3. The van der Waals surface area contributed by atoms with Crippen LogP contribution in [-0.4, -0.2) is 0 Å². The Labute approximate surface area is 139 Å². The lowest BCUT2D eigenvalue weighted by Crippen LogP contribution is -2.13. The van der Waals surface area contributed by atoms with Gasteiger partial charge in [-0.3, -0.25) is 0 Å². The van der Waals surface area contributed by atoms with Crippen LogP contribution in [0.2, 0.25) is 0 Å². The number of rotatable bonds is 3. The summed E-state index contributed by atoms with van der Waals surface area (Å²) < 4.78 is 0. The van der Waals surface area contributed by atoms with Gasteiger partial charge in [-0.15, -0.1) is 0 Å². The zero-order chi connectivity index (χ0) is 15.5. The van der Waals surface area contributed by atoms with Gasteiger partial charge in [-0.2, -0.15) is 0 Å². The monoisotopic (exact) mass is 300 g/mol. The number of hydrogen-bond acceptors (Lipinski definition) is 0. The zero-order valence-electron chi connectivity index (χ0n) is 13.8. The maximum Gasteiger partial charge on any atom is 0.00989 e. The van der Waals surface area contributed by atoms with Crippen molar-refractivity contribution in [3.8, 4) is 0 Å². The van der Waals surface area contributed by atoms with E-state index in [-0.39, 0.29) is 0 Å². The van der Waals surface area contributed by atoms with E-state index >= 15 is 0 Å². The fourth-order valence-corrected chi connectivity index (χ4v) is 5.73. The van der Waals surface area contributed by atoms with Gasteiger partial charge in [-0.05, 0) is 55.1 Å². The first kappa shape index (κ1) is 13.6. The Morgan fingerprint density at radius 1 is 0.913 bits per heavy atom. The van der Waals surface area contributed by atoms with Crippen molar-refractivity contribution >= 4 is 0 Å². The minimum Gasteiger partial charge on any atom is -0.0885 e. The third-order valence-corrected chi connectivity index (χ3v) is 6.90. The Morgan fingerprint density at radius 3 is 2.39 bits per heavy atom. The van der Waals surface area contributed by atoms with Crippen molar-refractivity contribution in [1.82, 2.24) is 0 Å². The predicted octanol–water partition coefficient (Wildman–Crippen LogP) is 5.78. The maximum atomic E-state index is 2.43. The Kier molecular flexibility index (Phi) is 2.72. The molecule has 4 unspecified atom stereocenters. The van der Waals surface area contributed by atoms with Gasteiger partial charge in [0.2, 0.25) is 0 Å². The number of hydrogen-bond donors (Lipinski definition) is 0. The van der Waals surface area contributed by atoms with Crippen LogP contribution in [0.1, 0.15) is 48.3 Å². The molecule has 2 saturated carbocycles. The molecule has 2 aromatic rings. The van der Waals surface area contributed by atoms with E-state index in [1.807, 2.05) is 0 Å². The summed E-state index contributed by atoms with van der Waals surface area (Å²) >= 11 is 0. The molecule has 2 fully saturated rings. The molecule has 0 N–H and O–H groups in total.